The van der Waals surface area contributed by atoms with E-state index in [1.54, 1.807) is 6.07 Å². The summed E-state index contributed by atoms with van der Waals surface area (Å²) < 4.78 is 7.33. The van der Waals surface area contributed by atoms with Crippen molar-refractivity contribution in [2.45, 2.75) is 39.2 Å². The number of likely N-dealkylation sites (tertiary alicyclic amines) is 1. The molecule has 1 fully saturated rings. The number of carbonyl (C=O) groups excluding carboxylic acids is 2. The Labute approximate surface area is 135 Å². The minimum Gasteiger partial charge on any atom is -0.498 e. The highest BCUT2D eigenvalue weighted by Gasteiger charge is 2.31. The van der Waals surface area contributed by atoms with Crippen LogP contribution in [0.15, 0.2) is 23.6 Å². The van der Waals surface area contributed by atoms with Crippen molar-refractivity contribution in [3.05, 3.63) is 23.6 Å². The summed E-state index contributed by atoms with van der Waals surface area (Å²) in [6.07, 6.45) is 4.40. The largest absolute Gasteiger partial charge is 0.498 e. The first-order valence-corrected chi connectivity index (χ1v) is 7.99. The fourth-order valence-corrected chi connectivity index (χ4v) is 3.12. The molecule has 1 aromatic rings. The molecule has 1 N–H and O–H groups in total. The highest BCUT2D eigenvalue weighted by molar-refractivity contribution is 5.94. The molecule has 2 amide bonds. The van der Waals surface area contributed by atoms with Gasteiger partial charge < -0.3 is 15.0 Å². The summed E-state index contributed by atoms with van der Waals surface area (Å²) in [6.45, 7) is 5.38. The number of aromatic nitrogens is 2. The number of hydrogen-bond acceptors (Lipinski definition) is 4. The van der Waals surface area contributed by atoms with Crippen LogP contribution in [0, 0.1) is 0 Å². The molecule has 7 nitrogen and oxygen atoms in total. The molecule has 3 heterocycles. The molecule has 23 heavy (non-hydrogen) atoms. The van der Waals surface area contributed by atoms with Gasteiger partial charge in [0.1, 0.15) is 5.76 Å². The van der Waals surface area contributed by atoms with Crippen LogP contribution in [-0.4, -0.2) is 46.2 Å². The first-order valence-electron chi connectivity index (χ1n) is 7.99. The summed E-state index contributed by atoms with van der Waals surface area (Å²) in [5.41, 5.74) is 0.802. The topological polar surface area (TPSA) is 76.5 Å². The molecule has 3 rings (SSSR count). The van der Waals surface area contributed by atoms with Crippen LogP contribution in [0.25, 0.3) is 0 Å². The van der Waals surface area contributed by atoms with Gasteiger partial charge in [0.2, 0.25) is 5.91 Å². The zero-order valence-corrected chi connectivity index (χ0v) is 13.5. The number of nitrogens with zero attached hydrogens (tertiary/aromatic N) is 3. The van der Waals surface area contributed by atoms with Crippen LogP contribution >= 0.6 is 0 Å². The molecule has 1 aromatic heterocycles. The average molecular weight is 318 g/mol. The van der Waals surface area contributed by atoms with Crippen molar-refractivity contribution in [3.8, 4) is 0 Å². The van der Waals surface area contributed by atoms with E-state index in [0.29, 0.717) is 19.0 Å². The van der Waals surface area contributed by atoms with Gasteiger partial charge in [-0.05, 0) is 26.2 Å². The van der Waals surface area contributed by atoms with Gasteiger partial charge in [-0.25, -0.2) is 0 Å². The molecule has 7 heteroatoms. The van der Waals surface area contributed by atoms with Gasteiger partial charge in [-0.1, -0.05) is 0 Å². The van der Waals surface area contributed by atoms with E-state index in [0.717, 1.165) is 37.1 Å². The molecule has 0 saturated carbocycles. The van der Waals surface area contributed by atoms with E-state index >= 15 is 0 Å². The summed E-state index contributed by atoms with van der Waals surface area (Å²) in [5, 5.41) is 7.03. The quantitative estimate of drug-likeness (QED) is 0.920. The Hall–Kier alpha value is -2.31. The van der Waals surface area contributed by atoms with E-state index in [1.165, 1.54) is 6.92 Å². The van der Waals surface area contributed by atoms with E-state index in [1.807, 2.05) is 22.7 Å². The zero-order chi connectivity index (χ0) is 16.4. The summed E-state index contributed by atoms with van der Waals surface area (Å²) in [4.78, 5) is 25.6. The Kier molecular flexibility index (Phi) is 4.36. The number of nitrogens with one attached hydrogen (secondary N) is 1. The standard InChI is InChI=1S/C16H22N4O3/c1-11-14(4-3-9-23-11)16(22)19-7-5-13(10-19)20-8-6-15(18-20)17-12(2)21/h6,8,13H,3-5,7,9-10H2,1-2H3,(H,17,18,21)/t13-/m1/s1. The predicted octanol–water partition coefficient (Wildman–Crippen LogP) is 1.70. The molecule has 2 aliphatic rings. The maximum absolute atomic E-state index is 12.6. The number of allylic oxidation sites excluding steroid dienone is 1. The van der Waals surface area contributed by atoms with Crippen molar-refractivity contribution in [2.75, 3.05) is 25.0 Å². The third-order valence-corrected chi connectivity index (χ3v) is 4.31. The Bertz CT molecular complexity index is 650. The fourth-order valence-electron chi connectivity index (χ4n) is 3.12. The van der Waals surface area contributed by atoms with Crippen molar-refractivity contribution in [1.82, 2.24) is 14.7 Å². The Balaban J connectivity index is 1.65. The molecule has 0 radical (unpaired) electrons. The monoisotopic (exact) mass is 318 g/mol. The van der Waals surface area contributed by atoms with Gasteiger partial charge in [-0.15, -0.1) is 0 Å². The molecule has 0 aromatic carbocycles. The Morgan fingerprint density at radius 3 is 3.00 bits per heavy atom. The van der Waals surface area contributed by atoms with Crippen molar-refractivity contribution in [3.63, 3.8) is 0 Å². The molecular weight excluding hydrogens is 296 g/mol. The van der Waals surface area contributed by atoms with Crippen molar-refractivity contribution >= 4 is 17.6 Å². The number of carbonyl (C=O) groups is 2. The van der Waals surface area contributed by atoms with Gasteiger partial charge in [0.25, 0.3) is 5.91 Å². The van der Waals surface area contributed by atoms with Crippen molar-refractivity contribution < 1.29 is 14.3 Å². The van der Waals surface area contributed by atoms with Crippen LogP contribution < -0.4 is 5.32 Å². The first-order chi connectivity index (χ1) is 11.0. The molecule has 1 saturated heterocycles. The van der Waals surface area contributed by atoms with Crippen LogP contribution in [0.3, 0.4) is 0 Å². The van der Waals surface area contributed by atoms with Crippen molar-refractivity contribution in [2.24, 2.45) is 0 Å². The second-order valence-corrected chi connectivity index (χ2v) is 6.04. The van der Waals surface area contributed by atoms with Gasteiger partial charge in [0, 0.05) is 32.3 Å². The van der Waals surface area contributed by atoms with Gasteiger partial charge >= 0.3 is 0 Å². The number of anilines is 1. The van der Waals surface area contributed by atoms with Gasteiger partial charge in [-0.3, -0.25) is 14.3 Å². The number of ether oxygens (including phenoxy) is 1. The smallest absolute Gasteiger partial charge is 0.253 e. The van der Waals surface area contributed by atoms with E-state index in [2.05, 4.69) is 10.4 Å². The summed E-state index contributed by atoms with van der Waals surface area (Å²) in [5.74, 6) is 1.25. The number of amides is 2. The third-order valence-electron chi connectivity index (χ3n) is 4.31. The van der Waals surface area contributed by atoms with E-state index in [4.69, 9.17) is 4.74 Å². The lowest BCUT2D eigenvalue weighted by Gasteiger charge is -2.23. The van der Waals surface area contributed by atoms with Crippen LogP contribution in [0.1, 0.15) is 39.2 Å². The maximum atomic E-state index is 12.6. The normalized spacial score (nSPS) is 21.3. The number of rotatable bonds is 3. The van der Waals surface area contributed by atoms with Crippen LogP contribution in [0.2, 0.25) is 0 Å². The SMILES string of the molecule is CC(=O)Nc1ccn([C@@H]2CCN(C(=O)C3=C(C)OCCC3)C2)n1. The fraction of sp³-hybridized carbons (Fsp3) is 0.562. The first kappa shape index (κ1) is 15.6. The zero-order valence-electron chi connectivity index (χ0n) is 13.5. The highest BCUT2D eigenvalue weighted by atomic mass is 16.5. The van der Waals surface area contributed by atoms with Gasteiger partial charge in [0.15, 0.2) is 5.82 Å². The molecule has 0 spiro atoms. The third kappa shape index (κ3) is 3.38. The Morgan fingerprint density at radius 1 is 1.43 bits per heavy atom. The second-order valence-electron chi connectivity index (χ2n) is 6.04. The average Bonchev–Trinajstić information content (AvgIpc) is 3.15. The minimum atomic E-state index is -0.141. The minimum absolute atomic E-state index is 0.0824. The molecule has 124 valence electrons. The van der Waals surface area contributed by atoms with Gasteiger partial charge in [0.05, 0.1) is 18.2 Å². The maximum Gasteiger partial charge on any atom is 0.253 e. The molecule has 0 aliphatic carbocycles. The van der Waals surface area contributed by atoms with Gasteiger partial charge in [-0.2, -0.15) is 5.10 Å². The van der Waals surface area contributed by atoms with E-state index < -0.39 is 0 Å². The van der Waals surface area contributed by atoms with E-state index in [9.17, 15) is 9.59 Å². The molecule has 1 atom stereocenters. The number of hydrogen-bond donors (Lipinski definition) is 1. The van der Waals surface area contributed by atoms with Crippen LogP contribution in [0.5, 0.6) is 0 Å². The second kappa shape index (κ2) is 6.44. The summed E-state index contributed by atoms with van der Waals surface area (Å²) >= 11 is 0. The molecular formula is C16H22N4O3. The van der Waals surface area contributed by atoms with Crippen molar-refractivity contribution in [1.29, 1.82) is 0 Å². The molecule has 2 aliphatic heterocycles. The van der Waals surface area contributed by atoms with E-state index in [-0.39, 0.29) is 17.9 Å². The lowest BCUT2D eigenvalue weighted by molar-refractivity contribution is -0.127. The highest BCUT2D eigenvalue weighted by Crippen LogP contribution is 2.27. The lowest BCUT2D eigenvalue weighted by Crippen LogP contribution is -2.32. The predicted molar refractivity (Wildman–Crippen MR) is 84.7 cm³/mol. The summed E-state index contributed by atoms with van der Waals surface area (Å²) in [7, 11) is 0. The summed E-state index contributed by atoms with van der Waals surface area (Å²) in [6, 6.07) is 1.92. The Morgan fingerprint density at radius 2 is 2.26 bits per heavy atom. The van der Waals surface area contributed by atoms with Crippen LogP contribution in [-0.2, 0) is 14.3 Å². The van der Waals surface area contributed by atoms with Crippen LogP contribution in [0.4, 0.5) is 5.82 Å². The molecule has 0 unspecified atom stereocenters. The molecule has 0 bridgehead atoms. The lowest BCUT2D eigenvalue weighted by atomic mass is 10.1.